The van der Waals surface area contributed by atoms with Gasteiger partial charge in [0.2, 0.25) is 5.56 Å². The van der Waals surface area contributed by atoms with Crippen molar-refractivity contribution >= 4 is 0 Å². The number of benzene rings is 1. The van der Waals surface area contributed by atoms with Crippen molar-refractivity contribution < 1.29 is 4.74 Å². The molecule has 0 unspecified atom stereocenters. The molecule has 16 heavy (non-hydrogen) atoms. The van der Waals surface area contributed by atoms with Gasteiger partial charge in [0.25, 0.3) is 0 Å². The van der Waals surface area contributed by atoms with E-state index in [9.17, 15) is 4.79 Å². The molecule has 0 fully saturated rings. The molecule has 1 aromatic heterocycles. The Bertz CT molecular complexity index is 558. The van der Waals surface area contributed by atoms with Gasteiger partial charge in [-0.1, -0.05) is 12.1 Å². The van der Waals surface area contributed by atoms with Gasteiger partial charge < -0.3 is 9.30 Å². The summed E-state index contributed by atoms with van der Waals surface area (Å²) in [7, 11) is 3.38. The fourth-order valence-electron chi connectivity index (χ4n) is 1.57. The van der Waals surface area contributed by atoms with Crippen LogP contribution in [-0.2, 0) is 7.05 Å². The van der Waals surface area contributed by atoms with Gasteiger partial charge in [-0.05, 0) is 29.3 Å². The minimum atomic E-state index is -0.00774. The minimum absolute atomic E-state index is 0.00774. The van der Waals surface area contributed by atoms with Gasteiger partial charge in [0.15, 0.2) is 0 Å². The molecule has 1 heterocycles. The number of aryl methyl sites for hydroxylation is 1. The lowest BCUT2D eigenvalue weighted by Crippen LogP contribution is -2.13. The largest absolute Gasteiger partial charge is 0.497 e. The average molecular weight is 215 g/mol. The molecule has 3 nitrogen and oxygen atoms in total. The van der Waals surface area contributed by atoms with Gasteiger partial charge in [-0.25, -0.2) is 0 Å². The normalized spacial score (nSPS) is 10.1. The van der Waals surface area contributed by atoms with E-state index in [1.54, 1.807) is 24.8 Å². The number of aromatic nitrogens is 1. The number of hydrogen-bond donors (Lipinski definition) is 0. The van der Waals surface area contributed by atoms with Gasteiger partial charge in [-0.2, -0.15) is 0 Å². The maximum atomic E-state index is 11.3. The Morgan fingerprint density at radius 3 is 2.62 bits per heavy atom. The Kier molecular flexibility index (Phi) is 2.77. The third-order valence-corrected chi connectivity index (χ3v) is 2.49. The molecule has 1 aromatic carbocycles. The molecule has 0 amide bonds. The second kappa shape index (κ2) is 4.23. The molecule has 2 aromatic rings. The summed E-state index contributed by atoms with van der Waals surface area (Å²) in [5.41, 5.74) is 2.03. The highest BCUT2D eigenvalue weighted by molar-refractivity contribution is 5.64. The van der Waals surface area contributed by atoms with Crippen LogP contribution in [0.1, 0.15) is 0 Å². The van der Waals surface area contributed by atoms with Gasteiger partial charge in [-0.3, -0.25) is 4.79 Å². The first kappa shape index (κ1) is 10.5. The smallest absolute Gasteiger partial charge is 0.250 e. The maximum absolute atomic E-state index is 11.3. The van der Waals surface area contributed by atoms with Crippen LogP contribution in [0.3, 0.4) is 0 Å². The lowest BCUT2D eigenvalue weighted by atomic mass is 10.1. The van der Waals surface area contributed by atoms with Gasteiger partial charge in [-0.15, -0.1) is 0 Å². The van der Waals surface area contributed by atoms with Crippen LogP contribution in [0, 0.1) is 0 Å². The Morgan fingerprint density at radius 2 is 1.94 bits per heavy atom. The summed E-state index contributed by atoms with van der Waals surface area (Å²) in [6, 6.07) is 11.1. The molecular formula is C13H13NO2. The molecule has 0 bridgehead atoms. The van der Waals surface area contributed by atoms with Crippen LogP contribution in [0.2, 0.25) is 0 Å². The quantitative estimate of drug-likeness (QED) is 0.767. The van der Waals surface area contributed by atoms with Gasteiger partial charge >= 0.3 is 0 Å². The Hall–Kier alpha value is -2.03. The molecule has 2 rings (SSSR count). The molecule has 0 aliphatic carbocycles. The summed E-state index contributed by atoms with van der Waals surface area (Å²) in [6.45, 7) is 0. The zero-order valence-corrected chi connectivity index (χ0v) is 9.31. The van der Waals surface area contributed by atoms with E-state index in [2.05, 4.69) is 0 Å². The molecule has 3 heteroatoms. The number of methoxy groups -OCH3 is 1. The lowest BCUT2D eigenvalue weighted by Gasteiger charge is -2.05. The zero-order valence-electron chi connectivity index (χ0n) is 9.31. The van der Waals surface area contributed by atoms with Crippen LogP contribution in [0.25, 0.3) is 11.1 Å². The summed E-state index contributed by atoms with van der Waals surface area (Å²) >= 11 is 0. The molecular weight excluding hydrogens is 202 g/mol. The molecule has 0 aliphatic heterocycles. The first-order valence-corrected chi connectivity index (χ1v) is 5.02. The van der Waals surface area contributed by atoms with Crippen LogP contribution < -0.4 is 10.3 Å². The highest BCUT2D eigenvalue weighted by Crippen LogP contribution is 2.22. The van der Waals surface area contributed by atoms with E-state index in [4.69, 9.17) is 4.74 Å². The summed E-state index contributed by atoms with van der Waals surface area (Å²) < 4.78 is 6.73. The van der Waals surface area contributed by atoms with E-state index in [1.807, 2.05) is 36.5 Å². The van der Waals surface area contributed by atoms with Crippen LogP contribution in [0.4, 0.5) is 0 Å². The van der Waals surface area contributed by atoms with E-state index in [1.165, 1.54) is 0 Å². The van der Waals surface area contributed by atoms with Crippen LogP contribution in [-0.4, -0.2) is 11.7 Å². The predicted octanol–water partition coefficient (Wildman–Crippen LogP) is 2.06. The highest BCUT2D eigenvalue weighted by Gasteiger charge is 2.00. The van der Waals surface area contributed by atoms with Gasteiger partial charge in [0.05, 0.1) is 7.11 Å². The van der Waals surface area contributed by atoms with Crippen molar-refractivity contribution in [3.63, 3.8) is 0 Å². The molecule has 0 atom stereocenters. The van der Waals surface area contributed by atoms with Crippen molar-refractivity contribution in [2.45, 2.75) is 0 Å². The fourth-order valence-corrected chi connectivity index (χ4v) is 1.57. The Balaban J connectivity index is 2.50. The molecule has 0 saturated carbocycles. The van der Waals surface area contributed by atoms with Crippen molar-refractivity contribution in [1.82, 2.24) is 4.57 Å². The molecule has 0 radical (unpaired) electrons. The van der Waals surface area contributed by atoms with Crippen molar-refractivity contribution in [2.24, 2.45) is 7.05 Å². The van der Waals surface area contributed by atoms with Crippen molar-refractivity contribution in [3.05, 3.63) is 52.9 Å². The second-order valence-corrected chi connectivity index (χ2v) is 3.60. The summed E-state index contributed by atoms with van der Waals surface area (Å²) in [5, 5.41) is 0. The highest BCUT2D eigenvalue weighted by atomic mass is 16.5. The summed E-state index contributed by atoms with van der Waals surface area (Å²) in [6.07, 6.45) is 1.82. The van der Waals surface area contributed by atoms with Crippen molar-refractivity contribution in [3.8, 4) is 16.9 Å². The van der Waals surface area contributed by atoms with E-state index in [-0.39, 0.29) is 5.56 Å². The van der Waals surface area contributed by atoms with Crippen molar-refractivity contribution in [2.75, 3.05) is 7.11 Å². The number of hydrogen-bond acceptors (Lipinski definition) is 2. The molecule has 0 spiro atoms. The summed E-state index contributed by atoms with van der Waals surface area (Å²) in [4.78, 5) is 11.3. The maximum Gasteiger partial charge on any atom is 0.250 e. The van der Waals surface area contributed by atoms with E-state index >= 15 is 0 Å². The minimum Gasteiger partial charge on any atom is -0.497 e. The standard InChI is InChI=1S/C13H13NO2/c1-14-9-11(6-7-13(14)15)10-4-3-5-12(8-10)16-2/h3-9H,1-2H3. The van der Waals surface area contributed by atoms with Gasteiger partial charge in [0, 0.05) is 19.3 Å². The topological polar surface area (TPSA) is 31.2 Å². The van der Waals surface area contributed by atoms with Crippen LogP contribution >= 0.6 is 0 Å². The molecule has 0 aliphatic rings. The van der Waals surface area contributed by atoms with Gasteiger partial charge in [0.1, 0.15) is 5.75 Å². The van der Waals surface area contributed by atoms with Crippen LogP contribution in [0.15, 0.2) is 47.4 Å². The Morgan fingerprint density at radius 1 is 1.12 bits per heavy atom. The van der Waals surface area contributed by atoms with E-state index in [0.717, 1.165) is 16.9 Å². The fraction of sp³-hybridized carbons (Fsp3) is 0.154. The zero-order chi connectivity index (χ0) is 11.5. The Labute approximate surface area is 93.9 Å². The number of pyridine rings is 1. The van der Waals surface area contributed by atoms with E-state index in [0.29, 0.717) is 0 Å². The molecule has 0 saturated heterocycles. The first-order valence-electron chi connectivity index (χ1n) is 5.02. The number of ether oxygens (including phenoxy) is 1. The third kappa shape index (κ3) is 1.98. The number of nitrogens with zero attached hydrogens (tertiary/aromatic N) is 1. The van der Waals surface area contributed by atoms with E-state index < -0.39 is 0 Å². The first-order chi connectivity index (χ1) is 7.70. The average Bonchev–Trinajstić information content (AvgIpc) is 2.33. The van der Waals surface area contributed by atoms with Crippen molar-refractivity contribution in [1.29, 1.82) is 0 Å². The van der Waals surface area contributed by atoms with Crippen LogP contribution in [0.5, 0.6) is 5.75 Å². The lowest BCUT2D eigenvalue weighted by molar-refractivity contribution is 0.415. The third-order valence-electron chi connectivity index (χ3n) is 2.49. The SMILES string of the molecule is COc1cccc(-c2ccc(=O)n(C)c2)c1. The number of rotatable bonds is 2. The summed E-state index contributed by atoms with van der Waals surface area (Å²) in [5.74, 6) is 0.811. The monoisotopic (exact) mass is 215 g/mol. The second-order valence-electron chi connectivity index (χ2n) is 3.60. The predicted molar refractivity (Wildman–Crippen MR) is 63.7 cm³/mol. The molecule has 0 N–H and O–H groups in total. The molecule has 82 valence electrons.